The van der Waals surface area contributed by atoms with Crippen molar-refractivity contribution in [1.29, 1.82) is 0 Å². The van der Waals surface area contributed by atoms with Gasteiger partial charge in [0.25, 0.3) is 0 Å². The van der Waals surface area contributed by atoms with Crippen molar-refractivity contribution in [1.82, 2.24) is 0 Å². The first-order valence-electron chi connectivity index (χ1n) is 5.51. The van der Waals surface area contributed by atoms with Crippen molar-refractivity contribution in [2.24, 2.45) is 23.5 Å². The van der Waals surface area contributed by atoms with E-state index < -0.39 is 0 Å². The molecule has 0 amide bonds. The summed E-state index contributed by atoms with van der Waals surface area (Å²) in [6, 6.07) is 0. The summed E-state index contributed by atoms with van der Waals surface area (Å²) in [6.07, 6.45) is 4.13. The molecule has 0 radical (unpaired) electrons. The number of hydrogen-bond donors (Lipinski definition) is 1. The Labute approximate surface area is 86.8 Å². The molecule has 2 heteroatoms. The fraction of sp³-hybridized carbons (Fsp3) is 1.00. The van der Waals surface area contributed by atoms with Crippen molar-refractivity contribution in [2.75, 3.05) is 18.1 Å². The van der Waals surface area contributed by atoms with Crippen LogP contribution in [0.15, 0.2) is 0 Å². The lowest BCUT2D eigenvalue weighted by Crippen LogP contribution is -2.27. The van der Waals surface area contributed by atoms with Crippen LogP contribution in [0.25, 0.3) is 0 Å². The van der Waals surface area contributed by atoms with Crippen LogP contribution in [0.3, 0.4) is 0 Å². The minimum absolute atomic E-state index is 0.792. The summed E-state index contributed by atoms with van der Waals surface area (Å²) in [7, 11) is 0. The number of thioether (sulfide) groups is 1. The van der Waals surface area contributed by atoms with Crippen LogP contribution >= 0.6 is 11.8 Å². The topological polar surface area (TPSA) is 26.0 Å². The highest BCUT2D eigenvalue weighted by Gasteiger charge is 2.23. The molecule has 0 aromatic rings. The molecule has 1 heterocycles. The highest BCUT2D eigenvalue weighted by Crippen LogP contribution is 2.31. The maximum Gasteiger partial charge on any atom is -0.00461 e. The van der Waals surface area contributed by atoms with Crippen LogP contribution < -0.4 is 5.73 Å². The van der Waals surface area contributed by atoms with E-state index in [1.54, 1.807) is 0 Å². The summed E-state index contributed by atoms with van der Waals surface area (Å²) >= 11 is 2.10. The molecule has 78 valence electrons. The summed E-state index contributed by atoms with van der Waals surface area (Å²) in [5, 5.41) is 0. The van der Waals surface area contributed by atoms with Crippen molar-refractivity contribution >= 4 is 11.8 Å². The second-order valence-corrected chi connectivity index (χ2v) is 5.80. The first-order valence-corrected chi connectivity index (χ1v) is 6.67. The van der Waals surface area contributed by atoms with Gasteiger partial charge in [-0.3, -0.25) is 0 Å². The monoisotopic (exact) mass is 201 g/mol. The van der Waals surface area contributed by atoms with E-state index in [9.17, 15) is 0 Å². The molecular weight excluding hydrogens is 178 g/mol. The van der Waals surface area contributed by atoms with Crippen LogP contribution in [0.5, 0.6) is 0 Å². The molecule has 0 aliphatic carbocycles. The molecule has 1 atom stereocenters. The standard InChI is InChI=1S/C11H23NS/c1-9(2)7-11(8-12)10-3-5-13-6-4-10/h9-11H,3-8,12H2,1-2H3. The molecule has 13 heavy (non-hydrogen) atoms. The molecule has 1 rings (SSSR count). The average molecular weight is 201 g/mol. The molecule has 0 aromatic heterocycles. The molecular formula is C11H23NS. The van der Waals surface area contributed by atoms with E-state index in [1.807, 2.05) is 0 Å². The van der Waals surface area contributed by atoms with Gasteiger partial charge in [-0.1, -0.05) is 13.8 Å². The van der Waals surface area contributed by atoms with E-state index in [0.29, 0.717) is 0 Å². The molecule has 1 fully saturated rings. The van der Waals surface area contributed by atoms with Gasteiger partial charge in [0.2, 0.25) is 0 Å². The van der Waals surface area contributed by atoms with Gasteiger partial charge >= 0.3 is 0 Å². The maximum atomic E-state index is 5.85. The predicted octanol–water partition coefficient (Wildman–Crippen LogP) is 2.75. The molecule has 1 saturated heterocycles. The van der Waals surface area contributed by atoms with Crippen molar-refractivity contribution in [2.45, 2.75) is 33.1 Å². The van der Waals surface area contributed by atoms with Crippen LogP contribution in [0, 0.1) is 17.8 Å². The first kappa shape index (κ1) is 11.4. The van der Waals surface area contributed by atoms with Gasteiger partial charge in [0.05, 0.1) is 0 Å². The quantitative estimate of drug-likeness (QED) is 0.757. The minimum Gasteiger partial charge on any atom is -0.330 e. The molecule has 1 nitrogen and oxygen atoms in total. The Morgan fingerprint density at radius 1 is 1.31 bits per heavy atom. The van der Waals surface area contributed by atoms with Gasteiger partial charge in [-0.25, -0.2) is 0 Å². The molecule has 0 spiro atoms. The zero-order chi connectivity index (χ0) is 9.68. The Kier molecular flexibility index (Phi) is 5.18. The molecule has 1 aliphatic rings. The van der Waals surface area contributed by atoms with Crippen LogP contribution in [0.4, 0.5) is 0 Å². The van der Waals surface area contributed by atoms with E-state index in [4.69, 9.17) is 5.73 Å². The fourth-order valence-electron chi connectivity index (χ4n) is 2.27. The first-order chi connectivity index (χ1) is 6.24. The Morgan fingerprint density at radius 3 is 2.38 bits per heavy atom. The second-order valence-electron chi connectivity index (χ2n) is 4.58. The molecule has 2 N–H and O–H groups in total. The molecule has 0 saturated carbocycles. The van der Waals surface area contributed by atoms with E-state index in [1.165, 1.54) is 30.8 Å². The van der Waals surface area contributed by atoms with Gasteiger partial charge in [-0.2, -0.15) is 11.8 Å². The highest BCUT2D eigenvalue weighted by atomic mass is 32.2. The molecule has 0 aromatic carbocycles. The smallest absolute Gasteiger partial charge is 0.00461 e. The highest BCUT2D eigenvalue weighted by molar-refractivity contribution is 7.99. The fourth-order valence-corrected chi connectivity index (χ4v) is 3.42. The third-order valence-corrected chi connectivity index (χ3v) is 4.06. The minimum atomic E-state index is 0.792. The summed E-state index contributed by atoms with van der Waals surface area (Å²) in [4.78, 5) is 0. The van der Waals surface area contributed by atoms with E-state index in [2.05, 4.69) is 25.6 Å². The van der Waals surface area contributed by atoms with Crippen LogP contribution in [0.2, 0.25) is 0 Å². The molecule has 0 bridgehead atoms. The SMILES string of the molecule is CC(C)CC(CN)C1CCSCC1. The lowest BCUT2D eigenvalue weighted by Gasteiger charge is -2.30. The van der Waals surface area contributed by atoms with E-state index in [-0.39, 0.29) is 0 Å². The third-order valence-electron chi connectivity index (χ3n) is 3.01. The Hall–Kier alpha value is 0.310. The Balaban J connectivity index is 2.34. The van der Waals surface area contributed by atoms with Gasteiger partial charge in [-0.15, -0.1) is 0 Å². The van der Waals surface area contributed by atoms with Crippen LogP contribution in [-0.2, 0) is 0 Å². The van der Waals surface area contributed by atoms with Gasteiger partial charge in [-0.05, 0) is 55.1 Å². The largest absolute Gasteiger partial charge is 0.330 e. The van der Waals surface area contributed by atoms with Crippen LogP contribution in [0.1, 0.15) is 33.1 Å². The third kappa shape index (κ3) is 3.90. The van der Waals surface area contributed by atoms with Crippen molar-refractivity contribution in [3.8, 4) is 0 Å². The Bertz CT molecular complexity index is 130. The Morgan fingerprint density at radius 2 is 1.92 bits per heavy atom. The summed E-state index contributed by atoms with van der Waals surface area (Å²) in [5.74, 6) is 5.25. The molecule has 1 unspecified atom stereocenters. The number of rotatable bonds is 4. The lowest BCUT2D eigenvalue weighted by atomic mass is 9.82. The second kappa shape index (κ2) is 5.92. The maximum absolute atomic E-state index is 5.85. The number of hydrogen-bond acceptors (Lipinski definition) is 2. The molecule has 1 aliphatic heterocycles. The van der Waals surface area contributed by atoms with Crippen molar-refractivity contribution in [3.63, 3.8) is 0 Å². The average Bonchev–Trinajstić information content (AvgIpc) is 2.15. The zero-order valence-corrected chi connectivity index (χ0v) is 9.78. The number of nitrogens with two attached hydrogens (primary N) is 1. The van der Waals surface area contributed by atoms with Crippen molar-refractivity contribution in [3.05, 3.63) is 0 Å². The lowest BCUT2D eigenvalue weighted by molar-refractivity contribution is 0.272. The van der Waals surface area contributed by atoms with Gasteiger partial charge in [0, 0.05) is 0 Å². The van der Waals surface area contributed by atoms with E-state index in [0.717, 1.165) is 24.3 Å². The summed E-state index contributed by atoms with van der Waals surface area (Å²) in [6.45, 7) is 5.51. The summed E-state index contributed by atoms with van der Waals surface area (Å²) < 4.78 is 0. The summed E-state index contributed by atoms with van der Waals surface area (Å²) in [5.41, 5.74) is 5.85. The van der Waals surface area contributed by atoms with Gasteiger partial charge in [0.1, 0.15) is 0 Å². The predicted molar refractivity (Wildman–Crippen MR) is 62.0 cm³/mol. The van der Waals surface area contributed by atoms with Gasteiger partial charge < -0.3 is 5.73 Å². The normalized spacial score (nSPS) is 22.2. The van der Waals surface area contributed by atoms with Gasteiger partial charge in [0.15, 0.2) is 0 Å². The van der Waals surface area contributed by atoms with E-state index >= 15 is 0 Å². The van der Waals surface area contributed by atoms with Crippen molar-refractivity contribution < 1.29 is 0 Å². The van der Waals surface area contributed by atoms with Crippen LogP contribution in [-0.4, -0.2) is 18.1 Å². The zero-order valence-electron chi connectivity index (χ0n) is 8.96.